The molecule has 0 bridgehead atoms. The topological polar surface area (TPSA) is 76.1 Å². The molecule has 0 radical (unpaired) electrons. The fourth-order valence-electron chi connectivity index (χ4n) is 5.25. The molecule has 37 heavy (non-hydrogen) atoms. The molecule has 3 atom stereocenters. The Balaban J connectivity index is 1.11. The van der Waals surface area contributed by atoms with Crippen LogP contribution in [0.4, 0.5) is 8.78 Å². The summed E-state index contributed by atoms with van der Waals surface area (Å²) in [5.41, 5.74) is 0.231. The lowest BCUT2D eigenvalue weighted by Gasteiger charge is -2.19. The number of ether oxygens (including phenoxy) is 2. The molecule has 5 rings (SSSR count). The standard InChI is InChI=1S/C29H27F2NO5/c30-24-12-19(6-8-26(24)33)28(35)17-36-29-9-7-18(13-25(29)31)27(34)16-32-14-20-10-23(11-21(20)15-32)37-22-4-2-1-3-5-22/h1-9,12-13,20-21,23,33H,10-11,14-17H2/t20-,21+,23-. The van der Waals surface area contributed by atoms with Gasteiger partial charge < -0.3 is 14.6 Å². The third-order valence-corrected chi connectivity index (χ3v) is 7.08. The van der Waals surface area contributed by atoms with Crippen molar-refractivity contribution >= 4 is 11.6 Å². The maximum absolute atomic E-state index is 14.6. The quantitative estimate of drug-likeness (QED) is 0.415. The number of phenolic OH excluding ortho intramolecular Hbond substituents is 1. The number of ketones is 2. The summed E-state index contributed by atoms with van der Waals surface area (Å²) in [6.07, 6.45) is 2.11. The van der Waals surface area contributed by atoms with Crippen LogP contribution in [-0.4, -0.2) is 53.9 Å². The molecule has 2 aliphatic rings. The van der Waals surface area contributed by atoms with Gasteiger partial charge in [0.1, 0.15) is 5.75 Å². The number of carbonyl (C=O) groups excluding carboxylic acids is 2. The van der Waals surface area contributed by atoms with Crippen molar-refractivity contribution in [3.8, 4) is 17.2 Å². The van der Waals surface area contributed by atoms with Crippen LogP contribution in [0.15, 0.2) is 66.7 Å². The number of hydrogen-bond donors (Lipinski definition) is 1. The van der Waals surface area contributed by atoms with Gasteiger partial charge in [0.2, 0.25) is 0 Å². The molecule has 6 nitrogen and oxygen atoms in total. The lowest BCUT2D eigenvalue weighted by atomic mass is 10.0. The molecule has 0 amide bonds. The molecule has 1 N–H and O–H groups in total. The van der Waals surface area contributed by atoms with E-state index in [1.165, 1.54) is 18.2 Å². The number of halogens is 2. The van der Waals surface area contributed by atoms with Crippen molar-refractivity contribution in [2.75, 3.05) is 26.2 Å². The van der Waals surface area contributed by atoms with Gasteiger partial charge in [-0.1, -0.05) is 18.2 Å². The van der Waals surface area contributed by atoms with E-state index in [9.17, 15) is 23.5 Å². The minimum Gasteiger partial charge on any atom is -0.505 e. The molecule has 1 aliphatic heterocycles. The van der Waals surface area contributed by atoms with Crippen LogP contribution in [0.1, 0.15) is 33.6 Å². The Labute approximate surface area is 213 Å². The first-order valence-corrected chi connectivity index (χ1v) is 12.3. The second-order valence-corrected chi connectivity index (χ2v) is 9.68. The third-order valence-electron chi connectivity index (χ3n) is 7.08. The van der Waals surface area contributed by atoms with E-state index in [0.29, 0.717) is 11.8 Å². The van der Waals surface area contributed by atoms with Crippen molar-refractivity contribution < 1.29 is 33.0 Å². The van der Waals surface area contributed by atoms with Crippen LogP contribution in [-0.2, 0) is 0 Å². The van der Waals surface area contributed by atoms with Crippen molar-refractivity contribution in [2.45, 2.75) is 18.9 Å². The number of nitrogens with zero attached hydrogens (tertiary/aromatic N) is 1. The SMILES string of the molecule is O=C(COc1ccc(C(=O)CN2C[C@H]3C[C@@H](Oc4ccccc4)C[C@H]3C2)cc1F)c1ccc(O)c(F)c1. The maximum atomic E-state index is 14.6. The monoisotopic (exact) mass is 507 g/mol. The maximum Gasteiger partial charge on any atom is 0.200 e. The second-order valence-electron chi connectivity index (χ2n) is 9.68. The summed E-state index contributed by atoms with van der Waals surface area (Å²) in [7, 11) is 0. The van der Waals surface area contributed by atoms with E-state index in [-0.39, 0.29) is 35.3 Å². The summed E-state index contributed by atoms with van der Waals surface area (Å²) >= 11 is 0. The van der Waals surface area contributed by atoms with Crippen LogP contribution in [0.2, 0.25) is 0 Å². The van der Waals surface area contributed by atoms with Gasteiger partial charge in [-0.15, -0.1) is 0 Å². The summed E-state index contributed by atoms with van der Waals surface area (Å²) in [6.45, 7) is 1.32. The lowest BCUT2D eigenvalue weighted by molar-refractivity contribution is 0.0912. The fraction of sp³-hybridized carbons (Fsp3) is 0.310. The van der Waals surface area contributed by atoms with Gasteiger partial charge in [0, 0.05) is 24.2 Å². The van der Waals surface area contributed by atoms with E-state index in [0.717, 1.165) is 49.9 Å². The molecule has 0 aromatic heterocycles. The molecule has 0 spiro atoms. The third kappa shape index (κ3) is 5.80. The molecular formula is C29H27F2NO5. The van der Waals surface area contributed by atoms with E-state index in [1.54, 1.807) is 0 Å². The Morgan fingerprint density at radius 2 is 1.51 bits per heavy atom. The van der Waals surface area contributed by atoms with Crippen LogP contribution in [0.5, 0.6) is 17.2 Å². The normalized spacial score (nSPS) is 21.0. The van der Waals surface area contributed by atoms with Crippen LogP contribution < -0.4 is 9.47 Å². The van der Waals surface area contributed by atoms with Gasteiger partial charge in [-0.25, -0.2) is 8.78 Å². The average molecular weight is 508 g/mol. The summed E-state index contributed by atoms with van der Waals surface area (Å²) in [5.74, 6) is -1.34. The van der Waals surface area contributed by atoms with Gasteiger partial charge >= 0.3 is 0 Å². The Kier molecular flexibility index (Phi) is 7.19. The average Bonchev–Trinajstić information content (AvgIpc) is 3.43. The second kappa shape index (κ2) is 10.7. The Bertz CT molecular complexity index is 1280. The molecule has 192 valence electrons. The number of phenols is 1. The first-order valence-electron chi connectivity index (χ1n) is 12.3. The number of Topliss-reactive ketones (excluding diaryl/α,β-unsaturated/α-hetero) is 2. The van der Waals surface area contributed by atoms with Gasteiger partial charge in [-0.05, 0) is 73.2 Å². The van der Waals surface area contributed by atoms with Gasteiger partial charge in [-0.2, -0.15) is 0 Å². The largest absolute Gasteiger partial charge is 0.505 e. The number of rotatable bonds is 9. The molecule has 1 saturated heterocycles. The van der Waals surface area contributed by atoms with Crippen molar-refractivity contribution in [3.05, 3.63) is 89.5 Å². The van der Waals surface area contributed by atoms with E-state index in [4.69, 9.17) is 9.47 Å². The smallest absolute Gasteiger partial charge is 0.200 e. The van der Waals surface area contributed by atoms with E-state index in [2.05, 4.69) is 4.90 Å². The molecule has 3 aromatic rings. The lowest BCUT2D eigenvalue weighted by Crippen LogP contribution is -2.30. The number of fused-ring (bicyclic) bond motifs is 1. The Morgan fingerprint density at radius 3 is 2.19 bits per heavy atom. The van der Waals surface area contributed by atoms with Crippen molar-refractivity contribution in [2.24, 2.45) is 11.8 Å². The molecule has 2 fully saturated rings. The van der Waals surface area contributed by atoms with Crippen LogP contribution in [0.25, 0.3) is 0 Å². The van der Waals surface area contributed by atoms with Crippen LogP contribution >= 0.6 is 0 Å². The number of benzene rings is 3. The van der Waals surface area contributed by atoms with Gasteiger partial charge in [0.05, 0.1) is 12.6 Å². The van der Waals surface area contributed by atoms with E-state index < -0.39 is 29.8 Å². The first kappa shape index (κ1) is 24.9. The van der Waals surface area contributed by atoms with Gasteiger partial charge in [0.25, 0.3) is 0 Å². The predicted octanol–water partition coefficient (Wildman–Crippen LogP) is 4.90. The van der Waals surface area contributed by atoms with E-state index >= 15 is 0 Å². The minimum absolute atomic E-state index is 0.00386. The van der Waals surface area contributed by atoms with Crippen LogP contribution in [0.3, 0.4) is 0 Å². The first-order chi connectivity index (χ1) is 17.9. The minimum atomic E-state index is -0.929. The Hall–Kier alpha value is -3.78. The molecule has 0 unspecified atom stereocenters. The number of aromatic hydroxyl groups is 1. The van der Waals surface area contributed by atoms with Crippen LogP contribution in [0, 0.1) is 23.5 Å². The zero-order chi connectivity index (χ0) is 25.9. The summed E-state index contributed by atoms with van der Waals surface area (Å²) in [6, 6.07) is 16.9. The Morgan fingerprint density at radius 1 is 0.865 bits per heavy atom. The zero-order valence-electron chi connectivity index (χ0n) is 20.1. The molecule has 1 aliphatic carbocycles. The number of carbonyl (C=O) groups is 2. The molecule has 1 heterocycles. The fourth-order valence-corrected chi connectivity index (χ4v) is 5.25. The molecular weight excluding hydrogens is 480 g/mol. The zero-order valence-corrected chi connectivity index (χ0v) is 20.1. The molecule has 3 aromatic carbocycles. The highest BCUT2D eigenvalue weighted by Crippen LogP contribution is 2.39. The number of hydrogen-bond acceptors (Lipinski definition) is 6. The molecule has 1 saturated carbocycles. The van der Waals surface area contributed by atoms with Gasteiger partial charge in [0.15, 0.2) is 41.3 Å². The van der Waals surface area contributed by atoms with Gasteiger partial charge in [-0.3, -0.25) is 14.5 Å². The summed E-state index contributed by atoms with van der Waals surface area (Å²) in [5, 5.41) is 9.23. The number of likely N-dealkylation sites (tertiary alicyclic amines) is 1. The predicted molar refractivity (Wildman–Crippen MR) is 132 cm³/mol. The number of para-hydroxylation sites is 1. The summed E-state index contributed by atoms with van der Waals surface area (Å²) < 4.78 is 39.4. The van der Waals surface area contributed by atoms with E-state index in [1.807, 2.05) is 30.3 Å². The van der Waals surface area contributed by atoms with Crippen molar-refractivity contribution in [1.82, 2.24) is 4.90 Å². The highest BCUT2D eigenvalue weighted by atomic mass is 19.1. The summed E-state index contributed by atoms with van der Waals surface area (Å²) in [4.78, 5) is 27.1. The highest BCUT2D eigenvalue weighted by Gasteiger charge is 2.42. The van der Waals surface area contributed by atoms with Crippen molar-refractivity contribution in [3.63, 3.8) is 0 Å². The van der Waals surface area contributed by atoms with Crippen molar-refractivity contribution in [1.29, 1.82) is 0 Å². The highest BCUT2D eigenvalue weighted by molar-refractivity contribution is 5.98. The molecule has 8 heteroatoms.